The van der Waals surface area contributed by atoms with Gasteiger partial charge in [-0.2, -0.15) is 0 Å². The highest BCUT2D eigenvalue weighted by Gasteiger charge is 2.37. The van der Waals surface area contributed by atoms with Crippen molar-refractivity contribution in [3.8, 4) is 0 Å². The second-order valence-corrected chi connectivity index (χ2v) is 11.2. The Bertz CT molecular complexity index is 914. The normalized spacial score (nSPS) is 20.0. The second kappa shape index (κ2) is 11.0. The zero-order valence-electron chi connectivity index (χ0n) is 21.8. The molecule has 0 spiro atoms. The van der Waals surface area contributed by atoms with Crippen molar-refractivity contribution in [1.29, 1.82) is 0 Å². The number of hydrogen-bond donors (Lipinski definition) is 0. The molecule has 1 aliphatic rings. The van der Waals surface area contributed by atoms with Crippen molar-refractivity contribution in [2.75, 3.05) is 33.4 Å². The lowest BCUT2D eigenvalue weighted by Crippen LogP contribution is -2.57. The molecule has 1 aliphatic heterocycles. The van der Waals surface area contributed by atoms with Gasteiger partial charge in [0, 0.05) is 51.5 Å². The van der Waals surface area contributed by atoms with Crippen LogP contribution >= 0.6 is 0 Å². The molecule has 0 bridgehead atoms. The first-order valence-corrected chi connectivity index (χ1v) is 12.6. The van der Waals surface area contributed by atoms with Crippen molar-refractivity contribution in [3.63, 3.8) is 0 Å². The first-order valence-electron chi connectivity index (χ1n) is 12.6. The van der Waals surface area contributed by atoms with E-state index in [0.717, 1.165) is 63.1 Å². The van der Waals surface area contributed by atoms with Crippen LogP contribution in [-0.4, -0.2) is 70.2 Å². The number of aromatic nitrogens is 2. The van der Waals surface area contributed by atoms with E-state index in [0.29, 0.717) is 17.7 Å². The number of aryl methyl sites for hydroxylation is 1. The van der Waals surface area contributed by atoms with Crippen molar-refractivity contribution in [1.82, 2.24) is 19.4 Å². The van der Waals surface area contributed by atoms with Crippen molar-refractivity contribution in [2.45, 2.75) is 78.9 Å². The van der Waals surface area contributed by atoms with Crippen LogP contribution in [0.2, 0.25) is 0 Å². The molecule has 33 heavy (non-hydrogen) atoms. The molecule has 1 fully saturated rings. The van der Waals surface area contributed by atoms with Crippen LogP contribution in [0.4, 0.5) is 0 Å². The van der Waals surface area contributed by atoms with Gasteiger partial charge in [-0.05, 0) is 64.0 Å². The highest BCUT2D eigenvalue weighted by molar-refractivity contribution is 5.95. The molecule has 0 saturated carbocycles. The Kier molecular flexibility index (Phi) is 8.57. The second-order valence-electron chi connectivity index (χ2n) is 11.2. The lowest BCUT2D eigenvalue weighted by molar-refractivity contribution is 0.0151. The summed E-state index contributed by atoms with van der Waals surface area (Å²) in [6.45, 7) is 17.8. The number of rotatable bonds is 9. The number of nitrogens with zero attached hydrogens (tertiary/aromatic N) is 4. The van der Waals surface area contributed by atoms with Crippen molar-refractivity contribution in [3.05, 3.63) is 30.1 Å². The third-order valence-electron chi connectivity index (χ3n) is 6.68. The van der Waals surface area contributed by atoms with Crippen molar-refractivity contribution < 1.29 is 9.53 Å². The van der Waals surface area contributed by atoms with Gasteiger partial charge in [-0.3, -0.25) is 9.69 Å². The summed E-state index contributed by atoms with van der Waals surface area (Å²) in [5.74, 6) is 1.60. The van der Waals surface area contributed by atoms with Gasteiger partial charge in [0.2, 0.25) is 0 Å². The van der Waals surface area contributed by atoms with Gasteiger partial charge in [0.15, 0.2) is 5.82 Å². The molecule has 184 valence electrons. The fraction of sp³-hybridized carbons (Fsp3) is 0.704. The molecule has 1 aromatic heterocycles. The number of hydrogen-bond acceptors (Lipinski definition) is 4. The van der Waals surface area contributed by atoms with Gasteiger partial charge < -0.3 is 14.2 Å². The Morgan fingerprint density at radius 3 is 2.61 bits per heavy atom. The molecule has 0 N–H and O–H groups in total. The van der Waals surface area contributed by atoms with Crippen LogP contribution in [-0.2, 0) is 11.3 Å². The average molecular weight is 457 g/mol. The molecule has 1 saturated heterocycles. The number of amides is 1. The fourth-order valence-electron chi connectivity index (χ4n) is 4.99. The van der Waals surface area contributed by atoms with Gasteiger partial charge in [0.05, 0.1) is 11.0 Å². The highest BCUT2D eigenvalue weighted by atomic mass is 16.5. The van der Waals surface area contributed by atoms with E-state index in [-0.39, 0.29) is 17.5 Å². The molecule has 2 aromatic rings. The maximum Gasteiger partial charge on any atom is 0.290 e. The van der Waals surface area contributed by atoms with E-state index < -0.39 is 0 Å². The quantitative estimate of drug-likeness (QED) is 0.494. The summed E-state index contributed by atoms with van der Waals surface area (Å²) in [4.78, 5) is 23.6. The zero-order valence-corrected chi connectivity index (χ0v) is 21.8. The summed E-state index contributed by atoms with van der Waals surface area (Å²) in [6, 6.07) is 8.31. The first kappa shape index (κ1) is 25.7. The standard InChI is InChI=1S/C27H44N4O2/c1-20(2)17-31(22-16-21(3)18-29(19-22)27(4,5)6)26(32)25-28-23-12-8-9-13-24(23)30(25)14-10-11-15-33-7/h8-9,12-13,20-22H,10-11,14-19H2,1-7H3. The van der Waals surface area contributed by atoms with E-state index in [1.54, 1.807) is 7.11 Å². The lowest BCUT2D eigenvalue weighted by Gasteiger charge is -2.47. The predicted octanol–water partition coefficient (Wildman–Crippen LogP) is 5.07. The third kappa shape index (κ3) is 6.36. The number of carbonyl (C=O) groups excluding carboxylic acids is 1. The van der Waals surface area contributed by atoms with Crippen LogP contribution in [0.25, 0.3) is 11.0 Å². The topological polar surface area (TPSA) is 50.6 Å². The van der Waals surface area contributed by atoms with E-state index in [9.17, 15) is 4.79 Å². The summed E-state index contributed by atoms with van der Waals surface area (Å²) in [6.07, 6.45) is 2.96. The Labute approximate surface area is 200 Å². The Hall–Kier alpha value is -1.92. The van der Waals surface area contributed by atoms with Crippen molar-refractivity contribution >= 4 is 16.9 Å². The minimum absolute atomic E-state index is 0.0691. The number of carbonyl (C=O) groups is 1. The third-order valence-corrected chi connectivity index (χ3v) is 6.68. The molecule has 6 nitrogen and oxygen atoms in total. The summed E-state index contributed by atoms with van der Waals surface area (Å²) in [5.41, 5.74) is 2.02. The number of benzene rings is 1. The Balaban J connectivity index is 1.95. The number of piperidine rings is 1. The molecular formula is C27H44N4O2. The largest absolute Gasteiger partial charge is 0.385 e. The molecule has 1 amide bonds. The number of para-hydroxylation sites is 2. The van der Waals surface area contributed by atoms with Crippen LogP contribution in [0.3, 0.4) is 0 Å². The molecule has 2 heterocycles. The number of ether oxygens (including phenoxy) is 1. The van der Waals surface area contributed by atoms with E-state index in [1.165, 1.54) is 0 Å². The summed E-state index contributed by atoms with van der Waals surface area (Å²) in [7, 11) is 1.73. The van der Waals surface area contributed by atoms with Crippen LogP contribution < -0.4 is 0 Å². The van der Waals surface area contributed by atoms with Crippen molar-refractivity contribution in [2.24, 2.45) is 11.8 Å². The van der Waals surface area contributed by atoms with Gasteiger partial charge in [-0.25, -0.2) is 4.98 Å². The summed E-state index contributed by atoms with van der Waals surface area (Å²) < 4.78 is 7.36. The van der Waals surface area contributed by atoms with Gasteiger partial charge in [-0.15, -0.1) is 0 Å². The maximum absolute atomic E-state index is 14.1. The number of imidazole rings is 1. The van der Waals surface area contributed by atoms with E-state index in [2.05, 4.69) is 62.0 Å². The Morgan fingerprint density at radius 2 is 1.94 bits per heavy atom. The van der Waals surface area contributed by atoms with E-state index >= 15 is 0 Å². The zero-order chi connectivity index (χ0) is 24.2. The lowest BCUT2D eigenvalue weighted by atomic mass is 9.90. The molecule has 6 heteroatoms. The fourth-order valence-corrected chi connectivity index (χ4v) is 4.99. The summed E-state index contributed by atoms with van der Waals surface area (Å²) in [5, 5.41) is 0. The summed E-state index contributed by atoms with van der Waals surface area (Å²) >= 11 is 0. The molecule has 3 rings (SSSR count). The van der Waals surface area contributed by atoms with Gasteiger partial charge in [0.1, 0.15) is 0 Å². The minimum Gasteiger partial charge on any atom is -0.385 e. The van der Waals surface area contributed by atoms with Crippen LogP contribution in [0.5, 0.6) is 0 Å². The number of unbranched alkanes of at least 4 members (excludes halogenated alkanes) is 1. The SMILES string of the molecule is COCCCCn1c(C(=O)N(CC(C)C)C2CC(C)CN(C(C)(C)C)C2)nc2ccccc21. The van der Waals surface area contributed by atoms with Crippen LogP contribution in [0, 0.1) is 11.8 Å². The predicted molar refractivity (Wildman–Crippen MR) is 136 cm³/mol. The first-order chi connectivity index (χ1) is 15.6. The van der Waals surface area contributed by atoms with Crippen LogP contribution in [0.15, 0.2) is 24.3 Å². The van der Waals surface area contributed by atoms with Gasteiger partial charge in [0.25, 0.3) is 5.91 Å². The van der Waals surface area contributed by atoms with Gasteiger partial charge >= 0.3 is 0 Å². The van der Waals surface area contributed by atoms with Gasteiger partial charge in [-0.1, -0.05) is 32.9 Å². The number of likely N-dealkylation sites (tertiary alicyclic amines) is 1. The number of methoxy groups -OCH3 is 1. The Morgan fingerprint density at radius 1 is 1.21 bits per heavy atom. The minimum atomic E-state index is 0.0691. The monoisotopic (exact) mass is 456 g/mol. The highest BCUT2D eigenvalue weighted by Crippen LogP contribution is 2.28. The average Bonchev–Trinajstić information content (AvgIpc) is 3.12. The molecular weight excluding hydrogens is 412 g/mol. The molecule has 0 radical (unpaired) electrons. The van der Waals surface area contributed by atoms with Crippen LogP contribution in [0.1, 0.15) is 71.4 Å². The van der Waals surface area contributed by atoms with E-state index in [1.807, 2.05) is 18.2 Å². The molecule has 2 atom stereocenters. The maximum atomic E-state index is 14.1. The number of fused-ring (bicyclic) bond motifs is 1. The molecule has 0 aliphatic carbocycles. The van der Waals surface area contributed by atoms with E-state index in [4.69, 9.17) is 9.72 Å². The smallest absolute Gasteiger partial charge is 0.290 e. The molecule has 2 unspecified atom stereocenters. The molecule has 1 aromatic carbocycles.